The summed E-state index contributed by atoms with van der Waals surface area (Å²) in [5, 5.41) is 0. The lowest BCUT2D eigenvalue weighted by Crippen LogP contribution is -2.28. The van der Waals surface area contributed by atoms with Crippen LogP contribution in [0.1, 0.15) is 38.4 Å². The van der Waals surface area contributed by atoms with E-state index in [1.807, 2.05) is 0 Å². The van der Waals surface area contributed by atoms with Crippen molar-refractivity contribution in [1.82, 2.24) is 9.97 Å². The Bertz CT molecular complexity index is 827. The van der Waals surface area contributed by atoms with Crippen LogP contribution in [0.25, 0.3) is 0 Å². The second-order valence-corrected chi connectivity index (χ2v) is 9.07. The number of aryl methyl sites for hydroxylation is 1. The molecule has 2 aromatic rings. The summed E-state index contributed by atoms with van der Waals surface area (Å²) in [7, 11) is -3.65. The van der Waals surface area contributed by atoms with Gasteiger partial charge in [0.2, 0.25) is 5.95 Å². The van der Waals surface area contributed by atoms with Crippen molar-refractivity contribution in [2.45, 2.75) is 44.9 Å². The van der Waals surface area contributed by atoms with E-state index in [1.165, 1.54) is 0 Å². The number of aromatic nitrogens is 2. The second kappa shape index (κ2) is 6.16. The molecule has 6 heteroatoms. The Balaban J connectivity index is 1.81. The molecule has 1 heterocycles. The highest BCUT2D eigenvalue weighted by Crippen LogP contribution is 2.36. The fourth-order valence-corrected chi connectivity index (χ4v) is 4.05. The maximum Gasteiger partial charge on any atom is 0.264 e. The minimum atomic E-state index is -3.65. The van der Waals surface area contributed by atoms with Gasteiger partial charge in [-0.1, -0.05) is 39.0 Å². The minimum Gasteiger partial charge on any atom is -0.247 e. The van der Waals surface area contributed by atoms with E-state index < -0.39 is 10.0 Å². The van der Waals surface area contributed by atoms with Gasteiger partial charge < -0.3 is 0 Å². The number of nitrogens with one attached hydrogen (secondary N) is 1. The first-order valence-electron chi connectivity index (χ1n) is 8.18. The molecule has 0 radical (unpaired) electrons. The zero-order valence-corrected chi connectivity index (χ0v) is 15.1. The molecule has 0 saturated carbocycles. The normalized spacial score (nSPS) is 18.0. The molecule has 0 spiro atoms. The first kappa shape index (κ1) is 16.9. The molecule has 24 heavy (non-hydrogen) atoms. The van der Waals surface area contributed by atoms with Crippen molar-refractivity contribution in [3.63, 3.8) is 0 Å². The summed E-state index contributed by atoms with van der Waals surface area (Å²) in [5.41, 5.74) is 2.34. The van der Waals surface area contributed by atoms with Crippen molar-refractivity contribution in [2.75, 3.05) is 4.72 Å². The molecule has 0 bridgehead atoms. The molecule has 1 aliphatic carbocycles. The van der Waals surface area contributed by atoms with Crippen LogP contribution in [0.15, 0.2) is 41.4 Å². The number of fused-ring (bicyclic) bond motifs is 1. The lowest BCUT2D eigenvalue weighted by molar-refractivity contribution is 0.214. The van der Waals surface area contributed by atoms with E-state index in [4.69, 9.17) is 0 Å². The summed E-state index contributed by atoms with van der Waals surface area (Å²) in [5.74, 6) is 0.743. The lowest BCUT2D eigenvalue weighted by Gasteiger charge is -2.34. The highest BCUT2D eigenvalue weighted by atomic mass is 32.2. The third kappa shape index (κ3) is 3.59. The lowest BCUT2D eigenvalue weighted by atomic mass is 9.72. The van der Waals surface area contributed by atoms with Gasteiger partial charge in [0.1, 0.15) is 0 Å². The Kier molecular flexibility index (Phi) is 4.34. The Morgan fingerprint density at radius 1 is 1.17 bits per heavy atom. The van der Waals surface area contributed by atoms with E-state index in [1.54, 1.807) is 36.5 Å². The van der Waals surface area contributed by atoms with Gasteiger partial charge in [0, 0.05) is 11.9 Å². The maximum atomic E-state index is 12.4. The van der Waals surface area contributed by atoms with Gasteiger partial charge >= 0.3 is 0 Å². The highest BCUT2D eigenvalue weighted by Gasteiger charge is 2.29. The number of sulfonamides is 1. The molecule has 5 nitrogen and oxygen atoms in total. The molecule has 3 rings (SSSR count). The highest BCUT2D eigenvalue weighted by molar-refractivity contribution is 7.92. The van der Waals surface area contributed by atoms with Crippen LogP contribution in [0, 0.1) is 11.3 Å². The van der Waals surface area contributed by atoms with Crippen molar-refractivity contribution in [1.29, 1.82) is 0 Å². The first-order valence-corrected chi connectivity index (χ1v) is 9.67. The Hall–Kier alpha value is -1.95. The predicted octanol–water partition coefficient (Wildman–Crippen LogP) is 3.43. The van der Waals surface area contributed by atoms with E-state index in [-0.39, 0.29) is 16.3 Å². The fraction of sp³-hybridized carbons (Fsp3) is 0.444. The van der Waals surface area contributed by atoms with Crippen molar-refractivity contribution in [3.8, 4) is 0 Å². The third-order valence-electron chi connectivity index (χ3n) is 4.65. The standard InChI is InChI=1S/C18H23N3O2S/c1-18(2,3)14-9-10-16-13(11-14)12-19-17(20-16)21-24(22,23)15-7-5-4-6-8-15/h4-8,12,14H,9-11H2,1-3H3,(H,19,20,21). The van der Waals surface area contributed by atoms with Gasteiger partial charge in [0.05, 0.1) is 4.90 Å². The molecule has 128 valence electrons. The average Bonchev–Trinajstić information content (AvgIpc) is 2.54. The maximum absolute atomic E-state index is 12.4. The van der Waals surface area contributed by atoms with Gasteiger partial charge in [-0.15, -0.1) is 0 Å². The monoisotopic (exact) mass is 345 g/mol. The summed E-state index contributed by atoms with van der Waals surface area (Å²) in [6.45, 7) is 6.77. The van der Waals surface area contributed by atoms with Crippen LogP contribution >= 0.6 is 0 Å². The van der Waals surface area contributed by atoms with Crippen LogP contribution in [0.4, 0.5) is 5.95 Å². The van der Waals surface area contributed by atoms with E-state index in [9.17, 15) is 8.42 Å². The summed E-state index contributed by atoms with van der Waals surface area (Å²) in [6.07, 6.45) is 4.64. The van der Waals surface area contributed by atoms with Crippen molar-refractivity contribution in [2.24, 2.45) is 11.3 Å². The van der Waals surface area contributed by atoms with Crippen molar-refractivity contribution >= 4 is 16.0 Å². The van der Waals surface area contributed by atoms with Gasteiger partial charge in [0.25, 0.3) is 10.0 Å². The van der Waals surface area contributed by atoms with Gasteiger partial charge in [-0.25, -0.2) is 23.1 Å². The van der Waals surface area contributed by atoms with Crippen molar-refractivity contribution in [3.05, 3.63) is 47.8 Å². The molecule has 1 aromatic carbocycles. The number of rotatable bonds is 3. The third-order valence-corrected chi connectivity index (χ3v) is 6.00. The molecule has 1 atom stereocenters. The predicted molar refractivity (Wildman–Crippen MR) is 94.3 cm³/mol. The minimum absolute atomic E-state index is 0.145. The van der Waals surface area contributed by atoms with Crippen LogP contribution in [-0.2, 0) is 22.9 Å². The van der Waals surface area contributed by atoms with Gasteiger partial charge in [-0.05, 0) is 48.3 Å². The number of hydrogen-bond donors (Lipinski definition) is 1. The van der Waals surface area contributed by atoms with E-state index in [0.29, 0.717) is 5.92 Å². The van der Waals surface area contributed by atoms with Crippen LogP contribution in [0.2, 0.25) is 0 Å². The molecular weight excluding hydrogens is 322 g/mol. The number of anilines is 1. The molecule has 1 unspecified atom stereocenters. The largest absolute Gasteiger partial charge is 0.264 e. The molecule has 1 aliphatic rings. The molecule has 1 aromatic heterocycles. The van der Waals surface area contributed by atoms with Crippen LogP contribution < -0.4 is 4.72 Å². The molecule has 0 amide bonds. The summed E-state index contributed by atoms with van der Waals surface area (Å²) in [6, 6.07) is 8.26. The summed E-state index contributed by atoms with van der Waals surface area (Å²) in [4.78, 5) is 8.86. The quantitative estimate of drug-likeness (QED) is 0.925. The Labute approximate surface area is 143 Å². The fourth-order valence-electron chi connectivity index (χ4n) is 3.07. The summed E-state index contributed by atoms with van der Waals surface area (Å²) < 4.78 is 27.2. The van der Waals surface area contributed by atoms with E-state index >= 15 is 0 Å². The number of benzene rings is 1. The van der Waals surface area contributed by atoms with Crippen LogP contribution in [0.3, 0.4) is 0 Å². The molecule has 0 fully saturated rings. The topological polar surface area (TPSA) is 72.0 Å². The van der Waals surface area contributed by atoms with Crippen LogP contribution in [-0.4, -0.2) is 18.4 Å². The van der Waals surface area contributed by atoms with Gasteiger partial charge in [0.15, 0.2) is 0 Å². The second-order valence-electron chi connectivity index (χ2n) is 7.39. The molecule has 0 saturated heterocycles. The zero-order chi connectivity index (χ0) is 17.4. The number of nitrogens with zero attached hydrogens (tertiary/aromatic N) is 2. The van der Waals surface area contributed by atoms with E-state index in [2.05, 4.69) is 35.5 Å². The Morgan fingerprint density at radius 2 is 1.88 bits per heavy atom. The van der Waals surface area contributed by atoms with E-state index in [0.717, 1.165) is 30.5 Å². The first-order chi connectivity index (χ1) is 11.3. The molecule has 0 aliphatic heterocycles. The van der Waals surface area contributed by atoms with Crippen LogP contribution in [0.5, 0.6) is 0 Å². The molecular formula is C18H23N3O2S. The van der Waals surface area contributed by atoms with Gasteiger partial charge in [-0.3, -0.25) is 0 Å². The van der Waals surface area contributed by atoms with Crippen molar-refractivity contribution < 1.29 is 8.42 Å². The number of hydrogen-bond acceptors (Lipinski definition) is 4. The Morgan fingerprint density at radius 3 is 2.54 bits per heavy atom. The summed E-state index contributed by atoms with van der Waals surface area (Å²) >= 11 is 0. The smallest absolute Gasteiger partial charge is 0.247 e. The SMILES string of the molecule is CC(C)(C)C1CCc2nc(NS(=O)(=O)c3ccccc3)ncc2C1. The molecule has 1 N–H and O–H groups in total. The average molecular weight is 345 g/mol. The van der Waals surface area contributed by atoms with Gasteiger partial charge in [-0.2, -0.15) is 0 Å². The zero-order valence-electron chi connectivity index (χ0n) is 14.3.